The number of nitrogens with zero attached hydrogens (tertiary/aromatic N) is 3. The van der Waals surface area contributed by atoms with Crippen LogP contribution in [0.4, 0.5) is 0 Å². The molecule has 0 spiro atoms. The van der Waals surface area contributed by atoms with Crippen molar-refractivity contribution in [1.82, 2.24) is 14.5 Å². The zero-order chi connectivity index (χ0) is 20.6. The van der Waals surface area contributed by atoms with E-state index >= 15 is 0 Å². The van der Waals surface area contributed by atoms with Crippen molar-refractivity contribution >= 4 is 16.0 Å². The molecule has 28 heavy (non-hydrogen) atoms. The number of rotatable bonds is 10. The first-order chi connectivity index (χ1) is 13.3. The van der Waals surface area contributed by atoms with Gasteiger partial charge in [0.1, 0.15) is 0 Å². The van der Waals surface area contributed by atoms with Crippen molar-refractivity contribution in [3.05, 3.63) is 0 Å². The molecule has 1 saturated carbocycles. The van der Waals surface area contributed by atoms with Gasteiger partial charge in [-0.2, -0.15) is 4.31 Å². The highest BCUT2D eigenvalue weighted by molar-refractivity contribution is 7.89. The third-order valence-electron chi connectivity index (χ3n) is 5.81. The topological polar surface area (TPSA) is 83.5 Å². The van der Waals surface area contributed by atoms with Gasteiger partial charge in [-0.15, -0.1) is 0 Å². The van der Waals surface area contributed by atoms with E-state index in [1.807, 2.05) is 13.8 Å². The highest BCUT2D eigenvalue weighted by Gasteiger charge is 2.37. The molecule has 0 bridgehead atoms. The van der Waals surface area contributed by atoms with Crippen molar-refractivity contribution in [2.75, 3.05) is 65.8 Å². The van der Waals surface area contributed by atoms with Gasteiger partial charge in [0.2, 0.25) is 10.0 Å². The summed E-state index contributed by atoms with van der Waals surface area (Å²) < 4.78 is 37.2. The highest BCUT2D eigenvalue weighted by Crippen LogP contribution is 2.43. The first-order valence-corrected chi connectivity index (χ1v) is 12.0. The summed E-state index contributed by atoms with van der Waals surface area (Å²) in [5, 5.41) is 3.52. The predicted molar refractivity (Wildman–Crippen MR) is 112 cm³/mol. The third kappa shape index (κ3) is 6.57. The molecular formula is C19H38N4O4S. The van der Waals surface area contributed by atoms with Crippen LogP contribution >= 0.6 is 0 Å². The van der Waals surface area contributed by atoms with Gasteiger partial charge in [-0.05, 0) is 38.5 Å². The Labute approximate surface area is 170 Å². The molecule has 0 amide bonds. The van der Waals surface area contributed by atoms with E-state index in [0.717, 1.165) is 25.5 Å². The fourth-order valence-electron chi connectivity index (χ4n) is 3.81. The number of ether oxygens (including phenoxy) is 2. The summed E-state index contributed by atoms with van der Waals surface area (Å²) in [4.78, 5) is 6.57. The van der Waals surface area contributed by atoms with Gasteiger partial charge in [-0.1, -0.05) is 6.42 Å². The summed E-state index contributed by atoms with van der Waals surface area (Å²) >= 11 is 0. The number of hydrogen-bond donors (Lipinski definition) is 1. The summed E-state index contributed by atoms with van der Waals surface area (Å²) in [5.41, 5.74) is 0.313. The number of sulfonamides is 1. The summed E-state index contributed by atoms with van der Waals surface area (Å²) in [6.07, 6.45) is 4.85. The second-order valence-electron chi connectivity index (χ2n) is 8.12. The fourth-order valence-corrected chi connectivity index (χ4v) is 5.09. The van der Waals surface area contributed by atoms with Crippen LogP contribution in [-0.2, 0) is 19.5 Å². The van der Waals surface area contributed by atoms with Crippen molar-refractivity contribution in [3.8, 4) is 0 Å². The molecule has 0 radical (unpaired) electrons. The molecule has 8 nitrogen and oxygen atoms in total. The van der Waals surface area contributed by atoms with Gasteiger partial charge in [0.15, 0.2) is 5.96 Å². The smallest absolute Gasteiger partial charge is 0.216 e. The second-order valence-corrected chi connectivity index (χ2v) is 10.2. The molecule has 9 heteroatoms. The van der Waals surface area contributed by atoms with Crippen LogP contribution in [0.5, 0.6) is 0 Å². The molecule has 1 aliphatic carbocycles. The van der Waals surface area contributed by atoms with E-state index in [1.165, 1.54) is 19.3 Å². The van der Waals surface area contributed by atoms with Crippen molar-refractivity contribution in [3.63, 3.8) is 0 Å². The molecular weight excluding hydrogens is 380 g/mol. The van der Waals surface area contributed by atoms with Crippen LogP contribution in [0.3, 0.4) is 0 Å². The summed E-state index contributed by atoms with van der Waals surface area (Å²) in [6.45, 7) is 8.02. The lowest BCUT2D eigenvalue weighted by molar-refractivity contribution is 0.0724. The Kier molecular flexibility index (Phi) is 8.98. The Bertz CT molecular complexity index is 597. The maximum Gasteiger partial charge on any atom is 0.216 e. The number of guanidine groups is 1. The van der Waals surface area contributed by atoms with Gasteiger partial charge in [0.05, 0.1) is 18.5 Å². The molecule has 164 valence electrons. The van der Waals surface area contributed by atoms with Crippen LogP contribution in [0.2, 0.25) is 0 Å². The van der Waals surface area contributed by atoms with Gasteiger partial charge in [-0.25, -0.2) is 8.42 Å². The van der Waals surface area contributed by atoms with Gasteiger partial charge >= 0.3 is 0 Å². The molecule has 1 aliphatic heterocycles. The van der Waals surface area contributed by atoms with Gasteiger partial charge in [0.25, 0.3) is 0 Å². The SMILES string of the molecule is CN=C(NCC1(CCOC)CCC1)N1CCN(S(=O)(=O)CCOC(C)C)CC1. The van der Waals surface area contributed by atoms with Crippen molar-refractivity contribution in [1.29, 1.82) is 0 Å². The molecule has 2 aliphatic rings. The average molecular weight is 419 g/mol. The molecule has 1 saturated heterocycles. The summed E-state index contributed by atoms with van der Waals surface area (Å²) in [6, 6.07) is 0. The predicted octanol–water partition coefficient (Wildman–Crippen LogP) is 1.14. The molecule has 2 rings (SSSR count). The molecule has 0 aromatic rings. The van der Waals surface area contributed by atoms with Crippen molar-refractivity contribution < 1.29 is 17.9 Å². The minimum absolute atomic E-state index is 0.0418. The summed E-state index contributed by atoms with van der Waals surface area (Å²) in [7, 11) is 0.272. The molecule has 0 atom stereocenters. The second kappa shape index (κ2) is 10.8. The fraction of sp³-hybridized carbons (Fsp3) is 0.947. The van der Waals surface area contributed by atoms with Crippen LogP contribution in [0.1, 0.15) is 39.5 Å². The van der Waals surface area contributed by atoms with E-state index in [2.05, 4.69) is 15.2 Å². The number of aliphatic imine (C=N–C) groups is 1. The monoisotopic (exact) mass is 418 g/mol. The van der Waals surface area contributed by atoms with E-state index in [9.17, 15) is 8.42 Å². The molecule has 2 fully saturated rings. The van der Waals surface area contributed by atoms with Crippen LogP contribution < -0.4 is 5.32 Å². The minimum Gasteiger partial charge on any atom is -0.385 e. The van der Waals surface area contributed by atoms with E-state index < -0.39 is 10.0 Å². The van der Waals surface area contributed by atoms with Crippen LogP contribution in [0.15, 0.2) is 4.99 Å². The first-order valence-electron chi connectivity index (χ1n) is 10.4. The maximum absolute atomic E-state index is 12.5. The average Bonchev–Trinajstić information content (AvgIpc) is 2.63. The van der Waals surface area contributed by atoms with Gasteiger partial charge < -0.3 is 19.7 Å². The van der Waals surface area contributed by atoms with Gasteiger partial charge in [0, 0.05) is 53.5 Å². The third-order valence-corrected chi connectivity index (χ3v) is 7.64. The lowest BCUT2D eigenvalue weighted by Gasteiger charge is -2.43. The van der Waals surface area contributed by atoms with E-state index in [1.54, 1.807) is 18.5 Å². The Morgan fingerprint density at radius 2 is 1.86 bits per heavy atom. The van der Waals surface area contributed by atoms with E-state index in [-0.39, 0.29) is 18.5 Å². The largest absolute Gasteiger partial charge is 0.385 e. The number of piperazine rings is 1. The molecule has 0 unspecified atom stereocenters. The van der Waals surface area contributed by atoms with Gasteiger partial charge in [-0.3, -0.25) is 4.99 Å². The quantitative estimate of drug-likeness (QED) is 0.423. The normalized spacial score (nSPS) is 21.0. The lowest BCUT2D eigenvalue weighted by Crippen LogP contribution is -2.55. The molecule has 1 heterocycles. The highest BCUT2D eigenvalue weighted by atomic mass is 32.2. The maximum atomic E-state index is 12.5. The van der Waals surface area contributed by atoms with Crippen molar-refractivity contribution in [2.45, 2.75) is 45.6 Å². The standard InChI is InChI=1S/C19H38N4O4S/c1-17(2)27-14-15-28(24,25)23-11-9-22(10-12-23)18(20-3)21-16-19(6-5-7-19)8-13-26-4/h17H,5-16H2,1-4H3,(H,20,21). The molecule has 0 aromatic carbocycles. The number of methoxy groups -OCH3 is 1. The number of nitrogens with one attached hydrogen (secondary N) is 1. The minimum atomic E-state index is -3.27. The Balaban J connectivity index is 1.80. The van der Waals surface area contributed by atoms with E-state index in [0.29, 0.717) is 31.6 Å². The van der Waals surface area contributed by atoms with Crippen LogP contribution in [0, 0.1) is 5.41 Å². The molecule has 0 aromatic heterocycles. The lowest BCUT2D eigenvalue weighted by atomic mass is 9.67. The zero-order valence-electron chi connectivity index (χ0n) is 17.9. The van der Waals surface area contributed by atoms with Crippen molar-refractivity contribution in [2.24, 2.45) is 10.4 Å². The molecule has 1 N–H and O–H groups in total. The number of hydrogen-bond acceptors (Lipinski definition) is 5. The van der Waals surface area contributed by atoms with Crippen LogP contribution in [-0.4, -0.2) is 95.5 Å². The zero-order valence-corrected chi connectivity index (χ0v) is 18.8. The van der Waals surface area contributed by atoms with E-state index in [4.69, 9.17) is 9.47 Å². The first kappa shape index (κ1) is 23.4. The Morgan fingerprint density at radius 1 is 1.18 bits per heavy atom. The Morgan fingerprint density at radius 3 is 2.36 bits per heavy atom. The summed E-state index contributed by atoms with van der Waals surface area (Å²) in [5.74, 6) is 0.907. The Hall–Kier alpha value is -0.900. The van der Waals surface area contributed by atoms with Crippen LogP contribution in [0.25, 0.3) is 0 Å².